The maximum absolute atomic E-state index is 12.3. The number of rotatable bonds is 9. The zero-order chi connectivity index (χ0) is 23.6. The lowest BCUT2D eigenvalue weighted by Gasteiger charge is -2.14. The van der Waals surface area contributed by atoms with Gasteiger partial charge in [-0.2, -0.15) is 0 Å². The molecule has 0 saturated carbocycles. The van der Waals surface area contributed by atoms with Crippen LogP contribution in [0.2, 0.25) is 5.02 Å². The van der Waals surface area contributed by atoms with Crippen LogP contribution in [0.3, 0.4) is 0 Å². The molecule has 6 nitrogen and oxygen atoms in total. The maximum Gasteiger partial charge on any atom is 0.331 e. The fourth-order valence-corrected chi connectivity index (χ4v) is 2.96. The minimum atomic E-state index is -0.976. The number of ether oxygens (including phenoxy) is 3. The van der Waals surface area contributed by atoms with Crippen LogP contribution in [0.1, 0.15) is 18.1 Å². The number of carbonyl (C=O) groups is 2. The highest BCUT2D eigenvalue weighted by molar-refractivity contribution is 6.30. The second-order valence-corrected chi connectivity index (χ2v) is 7.52. The Morgan fingerprint density at radius 1 is 1.00 bits per heavy atom. The van der Waals surface area contributed by atoms with Crippen LogP contribution in [0.5, 0.6) is 11.5 Å². The summed E-state index contributed by atoms with van der Waals surface area (Å²) in [6, 6.07) is 21.7. The second-order valence-electron chi connectivity index (χ2n) is 7.09. The molecule has 0 spiro atoms. The van der Waals surface area contributed by atoms with Gasteiger partial charge in [-0.3, -0.25) is 4.79 Å². The predicted molar refractivity (Wildman–Crippen MR) is 128 cm³/mol. The van der Waals surface area contributed by atoms with Gasteiger partial charge in [0, 0.05) is 11.1 Å². The topological polar surface area (TPSA) is 73.9 Å². The van der Waals surface area contributed by atoms with Crippen LogP contribution >= 0.6 is 11.6 Å². The van der Waals surface area contributed by atoms with Gasteiger partial charge < -0.3 is 19.5 Å². The van der Waals surface area contributed by atoms with Gasteiger partial charge in [0.1, 0.15) is 18.1 Å². The van der Waals surface area contributed by atoms with E-state index in [1.54, 1.807) is 30.3 Å². The first kappa shape index (κ1) is 23.9. The van der Waals surface area contributed by atoms with Gasteiger partial charge in [0.05, 0.1) is 12.8 Å². The Morgan fingerprint density at radius 2 is 1.70 bits per heavy atom. The molecule has 0 heterocycles. The standard InChI is InChI=1S/C26H24ClNO5/c1-18(26(30)28-23-5-3-4-6-24(23)31-2)33-25(29)16-11-19-9-14-22(15-10-19)32-17-20-7-12-21(27)13-8-20/h3-16,18H,17H2,1-2H3,(H,28,30). The number of hydrogen-bond acceptors (Lipinski definition) is 5. The van der Waals surface area contributed by atoms with E-state index in [0.29, 0.717) is 28.8 Å². The lowest BCUT2D eigenvalue weighted by atomic mass is 10.2. The fourth-order valence-electron chi connectivity index (χ4n) is 2.84. The lowest BCUT2D eigenvalue weighted by molar-refractivity contribution is -0.148. The number of para-hydroxylation sites is 2. The van der Waals surface area contributed by atoms with Gasteiger partial charge in [0.25, 0.3) is 5.91 Å². The smallest absolute Gasteiger partial charge is 0.331 e. The van der Waals surface area contributed by atoms with Crippen LogP contribution in [0, 0.1) is 0 Å². The summed E-state index contributed by atoms with van der Waals surface area (Å²) in [4.78, 5) is 24.4. The third-order valence-corrected chi connectivity index (χ3v) is 4.89. The number of methoxy groups -OCH3 is 1. The number of amides is 1. The van der Waals surface area contributed by atoms with Gasteiger partial charge >= 0.3 is 5.97 Å². The summed E-state index contributed by atoms with van der Waals surface area (Å²) in [5.74, 6) is 0.139. The van der Waals surface area contributed by atoms with Crippen molar-refractivity contribution in [3.63, 3.8) is 0 Å². The second kappa shape index (κ2) is 11.7. The molecule has 1 unspecified atom stereocenters. The fraction of sp³-hybridized carbons (Fsp3) is 0.154. The number of hydrogen-bond donors (Lipinski definition) is 1. The Kier molecular flexibility index (Phi) is 8.49. The van der Waals surface area contributed by atoms with E-state index in [4.69, 9.17) is 25.8 Å². The minimum absolute atomic E-state index is 0.424. The Labute approximate surface area is 197 Å². The minimum Gasteiger partial charge on any atom is -0.495 e. The van der Waals surface area contributed by atoms with Crippen LogP contribution in [-0.4, -0.2) is 25.1 Å². The van der Waals surface area contributed by atoms with E-state index in [1.807, 2.05) is 48.5 Å². The molecule has 170 valence electrons. The van der Waals surface area contributed by atoms with Crippen molar-refractivity contribution in [1.29, 1.82) is 0 Å². The van der Waals surface area contributed by atoms with Crippen LogP contribution in [-0.2, 0) is 20.9 Å². The van der Waals surface area contributed by atoms with E-state index in [9.17, 15) is 9.59 Å². The van der Waals surface area contributed by atoms with E-state index < -0.39 is 18.0 Å². The van der Waals surface area contributed by atoms with Crippen molar-refractivity contribution in [2.45, 2.75) is 19.6 Å². The summed E-state index contributed by atoms with van der Waals surface area (Å²) in [5, 5.41) is 3.37. The summed E-state index contributed by atoms with van der Waals surface area (Å²) in [6.07, 6.45) is 1.91. The molecule has 0 aromatic heterocycles. The van der Waals surface area contributed by atoms with Crippen molar-refractivity contribution in [1.82, 2.24) is 0 Å². The first-order chi connectivity index (χ1) is 15.9. The SMILES string of the molecule is COc1ccccc1NC(=O)C(C)OC(=O)C=Cc1ccc(OCc2ccc(Cl)cc2)cc1. The van der Waals surface area contributed by atoms with E-state index in [2.05, 4.69) is 5.32 Å². The van der Waals surface area contributed by atoms with Gasteiger partial charge in [0.15, 0.2) is 6.10 Å². The van der Waals surface area contributed by atoms with Crippen LogP contribution in [0.25, 0.3) is 6.08 Å². The van der Waals surface area contributed by atoms with E-state index in [0.717, 1.165) is 11.1 Å². The monoisotopic (exact) mass is 465 g/mol. The average Bonchev–Trinajstić information content (AvgIpc) is 2.83. The number of carbonyl (C=O) groups excluding carboxylic acids is 2. The molecule has 0 fully saturated rings. The maximum atomic E-state index is 12.3. The summed E-state index contributed by atoms with van der Waals surface area (Å²) in [5.41, 5.74) is 2.30. The third kappa shape index (κ3) is 7.40. The molecule has 0 saturated heterocycles. The molecule has 1 N–H and O–H groups in total. The molecular formula is C26H24ClNO5. The molecule has 7 heteroatoms. The number of nitrogens with one attached hydrogen (secondary N) is 1. The molecule has 0 aliphatic carbocycles. The highest BCUT2D eigenvalue weighted by Crippen LogP contribution is 2.23. The third-order valence-electron chi connectivity index (χ3n) is 4.64. The van der Waals surface area contributed by atoms with Crippen molar-refractivity contribution >= 4 is 35.2 Å². The average molecular weight is 466 g/mol. The van der Waals surface area contributed by atoms with Crippen molar-refractivity contribution < 1.29 is 23.8 Å². The van der Waals surface area contributed by atoms with Crippen molar-refractivity contribution in [2.75, 3.05) is 12.4 Å². The van der Waals surface area contributed by atoms with Crippen LogP contribution in [0.4, 0.5) is 5.69 Å². The predicted octanol–water partition coefficient (Wildman–Crippen LogP) is 5.51. The molecule has 33 heavy (non-hydrogen) atoms. The van der Waals surface area contributed by atoms with Crippen molar-refractivity contribution in [3.05, 3.63) is 95.0 Å². The summed E-state index contributed by atoms with van der Waals surface area (Å²) >= 11 is 5.88. The van der Waals surface area contributed by atoms with E-state index in [-0.39, 0.29) is 0 Å². The Morgan fingerprint density at radius 3 is 2.39 bits per heavy atom. The number of benzene rings is 3. The zero-order valence-electron chi connectivity index (χ0n) is 18.3. The van der Waals surface area contributed by atoms with Gasteiger partial charge in [-0.15, -0.1) is 0 Å². The number of esters is 1. The molecule has 1 atom stereocenters. The Balaban J connectivity index is 1.48. The number of anilines is 1. The molecular weight excluding hydrogens is 442 g/mol. The summed E-state index contributed by atoms with van der Waals surface area (Å²) in [7, 11) is 1.51. The molecule has 3 aromatic rings. The molecule has 3 aromatic carbocycles. The van der Waals surface area contributed by atoms with Gasteiger partial charge in [-0.1, -0.05) is 48.0 Å². The van der Waals surface area contributed by atoms with Crippen molar-refractivity contribution in [2.24, 2.45) is 0 Å². The van der Waals surface area contributed by atoms with E-state index >= 15 is 0 Å². The van der Waals surface area contributed by atoms with Gasteiger partial charge in [0.2, 0.25) is 0 Å². The van der Waals surface area contributed by atoms with Crippen LogP contribution in [0.15, 0.2) is 78.9 Å². The normalized spacial score (nSPS) is 11.6. The molecule has 1 amide bonds. The summed E-state index contributed by atoms with van der Waals surface area (Å²) in [6.45, 7) is 1.93. The molecule has 0 bridgehead atoms. The molecule has 0 aliphatic rings. The molecule has 3 rings (SSSR count). The highest BCUT2D eigenvalue weighted by Gasteiger charge is 2.18. The highest BCUT2D eigenvalue weighted by atomic mass is 35.5. The summed E-state index contributed by atoms with van der Waals surface area (Å²) < 4.78 is 16.1. The largest absolute Gasteiger partial charge is 0.495 e. The Bertz CT molecular complexity index is 1110. The first-order valence-electron chi connectivity index (χ1n) is 10.2. The van der Waals surface area contributed by atoms with Crippen LogP contribution < -0.4 is 14.8 Å². The molecule has 0 aliphatic heterocycles. The Hall–Kier alpha value is -3.77. The zero-order valence-corrected chi connectivity index (χ0v) is 19.0. The quantitative estimate of drug-likeness (QED) is 0.333. The molecule has 0 radical (unpaired) electrons. The van der Waals surface area contributed by atoms with Crippen molar-refractivity contribution in [3.8, 4) is 11.5 Å². The van der Waals surface area contributed by atoms with E-state index in [1.165, 1.54) is 20.1 Å². The van der Waals surface area contributed by atoms with Gasteiger partial charge in [-0.05, 0) is 60.5 Å². The lowest BCUT2D eigenvalue weighted by Crippen LogP contribution is -2.29. The number of halogens is 1. The van der Waals surface area contributed by atoms with Gasteiger partial charge in [-0.25, -0.2) is 4.79 Å². The first-order valence-corrected chi connectivity index (χ1v) is 10.6.